The minimum absolute atomic E-state index is 0.141. The number of nitrogens with zero attached hydrogens (tertiary/aromatic N) is 2. The van der Waals surface area contributed by atoms with Crippen LogP contribution >= 0.6 is 0 Å². The lowest BCUT2D eigenvalue weighted by Crippen LogP contribution is -2.36. The second-order valence-corrected chi connectivity index (χ2v) is 4.56. The van der Waals surface area contributed by atoms with E-state index in [4.69, 9.17) is 5.11 Å². The molecule has 0 aromatic rings. The predicted molar refractivity (Wildman–Crippen MR) is 56.2 cm³/mol. The third-order valence-electron chi connectivity index (χ3n) is 2.99. The highest BCUT2D eigenvalue weighted by Crippen LogP contribution is 2.19. The van der Waals surface area contributed by atoms with E-state index >= 15 is 0 Å². The van der Waals surface area contributed by atoms with Gasteiger partial charge in [0.15, 0.2) is 0 Å². The monoisotopic (exact) mass is 202 g/mol. The summed E-state index contributed by atoms with van der Waals surface area (Å²) in [5.41, 5.74) is 0. The van der Waals surface area contributed by atoms with Crippen molar-refractivity contribution in [2.45, 2.75) is 19.1 Å². The molecule has 0 aromatic heterocycles. The highest BCUT2D eigenvalue weighted by Gasteiger charge is 2.31. The Morgan fingerprint density at radius 1 is 1.43 bits per heavy atom. The van der Waals surface area contributed by atoms with Crippen LogP contribution in [0.3, 0.4) is 0 Å². The van der Waals surface area contributed by atoms with Crippen molar-refractivity contribution in [3.63, 3.8) is 0 Å². The third kappa shape index (κ3) is 2.92. The normalized spacial score (nSPS) is 31.3. The van der Waals surface area contributed by atoms with Gasteiger partial charge in [-0.25, -0.2) is 0 Å². The zero-order chi connectivity index (χ0) is 10.7. The topological polar surface area (TPSA) is 46.9 Å². The second-order valence-electron chi connectivity index (χ2n) is 4.56. The van der Waals surface area contributed by atoms with Gasteiger partial charge in [0.25, 0.3) is 0 Å². The molecule has 1 aliphatic heterocycles. The number of likely N-dealkylation sites (tertiary alicyclic amines) is 1. The molecule has 1 fully saturated rings. The van der Waals surface area contributed by atoms with Gasteiger partial charge in [0, 0.05) is 25.7 Å². The van der Waals surface area contributed by atoms with Gasteiger partial charge < -0.3 is 15.1 Å². The Hall–Kier alpha value is -0.160. The number of aliphatic hydroxyl groups is 2. The number of β-amino-alcohol motifs (C(OH)–C–C–N with tert-alkyl or cyclic N) is 1. The fraction of sp³-hybridized carbons (Fsp3) is 1.00. The molecule has 1 rings (SSSR count). The molecule has 3 unspecified atom stereocenters. The average molecular weight is 202 g/mol. The summed E-state index contributed by atoms with van der Waals surface area (Å²) >= 11 is 0. The van der Waals surface area contributed by atoms with Gasteiger partial charge in [0.1, 0.15) is 0 Å². The summed E-state index contributed by atoms with van der Waals surface area (Å²) < 4.78 is 0. The Balaban J connectivity index is 2.38. The van der Waals surface area contributed by atoms with E-state index in [1.807, 2.05) is 0 Å². The Morgan fingerprint density at radius 3 is 2.50 bits per heavy atom. The van der Waals surface area contributed by atoms with Gasteiger partial charge in [-0.15, -0.1) is 0 Å². The standard InChI is InChI=1S/C10H22N2O2/c1-8-4-12(5-9(14)7-13)6-10(8)11(2)3/h8-10,13-14H,4-7H2,1-3H3. The summed E-state index contributed by atoms with van der Waals surface area (Å²) in [6, 6.07) is 0.570. The maximum atomic E-state index is 9.32. The number of likely N-dealkylation sites (N-methyl/N-ethyl adjacent to an activating group) is 1. The first-order valence-corrected chi connectivity index (χ1v) is 5.22. The number of hydrogen-bond donors (Lipinski definition) is 2. The second kappa shape index (κ2) is 5.07. The van der Waals surface area contributed by atoms with Gasteiger partial charge in [-0.3, -0.25) is 4.90 Å². The molecule has 0 saturated carbocycles. The lowest BCUT2D eigenvalue weighted by atomic mass is 10.1. The Morgan fingerprint density at radius 2 is 2.07 bits per heavy atom. The maximum Gasteiger partial charge on any atom is 0.0897 e. The summed E-state index contributed by atoms with van der Waals surface area (Å²) in [7, 11) is 4.18. The molecule has 0 radical (unpaired) electrons. The molecule has 1 saturated heterocycles. The fourth-order valence-corrected chi connectivity index (χ4v) is 2.23. The number of hydrogen-bond acceptors (Lipinski definition) is 4. The molecular weight excluding hydrogens is 180 g/mol. The first-order chi connectivity index (χ1) is 6.54. The van der Waals surface area contributed by atoms with E-state index in [1.54, 1.807) is 0 Å². The van der Waals surface area contributed by atoms with E-state index in [9.17, 15) is 5.11 Å². The van der Waals surface area contributed by atoms with E-state index in [0.29, 0.717) is 18.5 Å². The maximum absolute atomic E-state index is 9.32. The van der Waals surface area contributed by atoms with Crippen molar-refractivity contribution >= 4 is 0 Å². The SMILES string of the molecule is CC1CN(CC(O)CO)CC1N(C)C. The molecule has 0 spiro atoms. The quantitative estimate of drug-likeness (QED) is 0.628. The minimum atomic E-state index is -0.594. The van der Waals surface area contributed by atoms with Crippen molar-refractivity contribution in [3.8, 4) is 0 Å². The largest absolute Gasteiger partial charge is 0.394 e. The van der Waals surface area contributed by atoms with Gasteiger partial charge in [-0.2, -0.15) is 0 Å². The molecule has 1 heterocycles. The molecule has 0 aromatic carbocycles. The van der Waals surface area contributed by atoms with E-state index in [2.05, 4.69) is 30.8 Å². The number of aliphatic hydroxyl groups excluding tert-OH is 2. The molecule has 4 nitrogen and oxygen atoms in total. The van der Waals surface area contributed by atoms with Gasteiger partial charge in [-0.1, -0.05) is 6.92 Å². The van der Waals surface area contributed by atoms with Crippen molar-refractivity contribution in [2.24, 2.45) is 5.92 Å². The summed E-state index contributed by atoms with van der Waals surface area (Å²) in [6.07, 6.45) is -0.594. The minimum Gasteiger partial charge on any atom is -0.394 e. The van der Waals surface area contributed by atoms with Gasteiger partial charge >= 0.3 is 0 Å². The summed E-state index contributed by atoms with van der Waals surface area (Å²) in [4.78, 5) is 4.45. The zero-order valence-corrected chi connectivity index (χ0v) is 9.35. The van der Waals surface area contributed by atoms with Crippen LogP contribution in [0.1, 0.15) is 6.92 Å². The fourth-order valence-electron chi connectivity index (χ4n) is 2.23. The lowest BCUT2D eigenvalue weighted by molar-refractivity contribution is 0.0641. The molecular formula is C10H22N2O2. The van der Waals surface area contributed by atoms with Crippen LogP contribution in [-0.4, -0.2) is 72.5 Å². The van der Waals surface area contributed by atoms with E-state index < -0.39 is 6.10 Å². The van der Waals surface area contributed by atoms with Crippen molar-refractivity contribution in [1.82, 2.24) is 9.80 Å². The average Bonchev–Trinajstić information content (AvgIpc) is 2.46. The van der Waals surface area contributed by atoms with Crippen LogP contribution in [0, 0.1) is 5.92 Å². The Bertz CT molecular complexity index is 176. The Labute approximate surface area is 86.1 Å². The van der Waals surface area contributed by atoms with E-state index in [1.165, 1.54) is 0 Å². The summed E-state index contributed by atoms with van der Waals surface area (Å²) in [5.74, 6) is 0.635. The van der Waals surface area contributed by atoms with E-state index in [0.717, 1.165) is 13.1 Å². The third-order valence-corrected chi connectivity index (χ3v) is 2.99. The van der Waals surface area contributed by atoms with Crippen LogP contribution in [0.2, 0.25) is 0 Å². The van der Waals surface area contributed by atoms with Gasteiger partial charge in [-0.05, 0) is 20.0 Å². The zero-order valence-electron chi connectivity index (χ0n) is 9.35. The Kier molecular flexibility index (Phi) is 4.31. The van der Waals surface area contributed by atoms with Crippen LogP contribution < -0.4 is 0 Å². The van der Waals surface area contributed by atoms with Gasteiger partial charge in [0.05, 0.1) is 12.7 Å². The lowest BCUT2D eigenvalue weighted by Gasteiger charge is -2.23. The molecule has 0 amide bonds. The molecule has 0 aliphatic carbocycles. The van der Waals surface area contributed by atoms with Crippen LogP contribution in [0.15, 0.2) is 0 Å². The van der Waals surface area contributed by atoms with E-state index in [-0.39, 0.29) is 6.61 Å². The number of rotatable bonds is 4. The molecule has 3 atom stereocenters. The molecule has 2 N–H and O–H groups in total. The van der Waals surface area contributed by atoms with Crippen molar-refractivity contribution in [2.75, 3.05) is 40.3 Å². The van der Waals surface area contributed by atoms with Crippen molar-refractivity contribution < 1.29 is 10.2 Å². The highest BCUT2D eigenvalue weighted by molar-refractivity contribution is 4.87. The van der Waals surface area contributed by atoms with Crippen LogP contribution in [0.4, 0.5) is 0 Å². The highest BCUT2D eigenvalue weighted by atomic mass is 16.3. The molecule has 1 aliphatic rings. The summed E-state index contributed by atoms with van der Waals surface area (Å²) in [5, 5.41) is 18.1. The van der Waals surface area contributed by atoms with Gasteiger partial charge in [0.2, 0.25) is 0 Å². The molecule has 14 heavy (non-hydrogen) atoms. The predicted octanol–water partition coefficient (Wildman–Crippen LogP) is -0.778. The first-order valence-electron chi connectivity index (χ1n) is 5.22. The molecule has 84 valence electrons. The first kappa shape index (κ1) is 11.9. The van der Waals surface area contributed by atoms with Crippen LogP contribution in [-0.2, 0) is 0 Å². The smallest absolute Gasteiger partial charge is 0.0897 e. The van der Waals surface area contributed by atoms with Crippen LogP contribution in [0.5, 0.6) is 0 Å². The van der Waals surface area contributed by atoms with Crippen molar-refractivity contribution in [1.29, 1.82) is 0 Å². The van der Waals surface area contributed by atoms with Crippen LogP contribution in [0.25, 0.3) is 0 Å². The summed E-state index contributed by atoms with van der Waals surface area (Å²) in [6.45, 7) is 4.68. The molecule has 0 bridgehead atoms. The van der Waals surface area contributed by atoms with Crippen molar-refractivity contribution in [3.05, 3.63) is 0 Å². The molecule has 4 heteroatoms.